The van der Waals surface area contributed by atoms with Crippen molar-refractivity contribution in [3.05, 3.63) is 40.4 Å². The largest absolute Gasteiger partial charge is 0.497 e. The number of hydrogen-bond donors (Lipinski definition) is 2. The Morgan fingerprint density at radius 3 is 2.74 bits per heavy atom. The third-order valence-corrected chi connectivity index (χ3v) is 5.04. The van der Waals surface area contributed by atoms with Crippen LogP contribution >= 0.6 is 0 Å². The Balaban J connectivity index is 1.95. The van der Waals surface area contributed by atoms with Crippen LogP contribution in [0.3, 0.4) is 0 Å². The van der Waals surface area contributed by atoms with Gasteiger partial charge >= 0.3 is 11.7 Å². The van der Waals surface area contributed by atoms with Crippen molar-refractivity contribution in [2.45, 2.75) is 38.1 Å². The van der Waals surface area contributed by atoms with Gasteiger partial charge in [0.25, 0.3) is 0 Å². The van der Waals surface area contributed by atoms with Crippen molar-refractivity contribution in [2.75, 3.05) is 7.11 Å². The number of aromatic amines is 1. The first-order valence-electron chi connectivity index (χ1n) is 8.98. The van der Waals surface area contributed by atoms with Crippen LogP contribution in [0.25, 0.3) is 22.6 Å². The molecule has 2 N–H and O–H groups in total. The van der Waals surface area contributed by atoms with Crippen molar-refractivity contribution in [2.24, 2.45) is 0 Å². The number of ether oxygens (including phenoxy) is 1. The number of methoxy groups -OCH3 is 1. The van der Waals surface area contributed by atoms with E-state index >= 15 is 0 Å². The number of fused-ring (bicyclic) bond motifs is 1. The molecule has 2 aromatic heterocycles. The predicted octanol–water partition coefficient (Wildman–Crippen LogP) is 3.00. The summed E-state index contributed by atoms with van der Waals surface area (Å²) in [5.41, 5.74) is 0.602. The van der Waals surface area contributed by atoms with E-state index < -0.39 is 5.97 Å². The van der Waals surface area contributed by atoms with Crippen LogP contribution in [-0.4, -0.2) is 37.7 Å². The maximum Gasteiger partial charge on any atom is 0.356 e. The number of carboxylic acids is 1. The Morgan fingerprint density at radius 2 is 2.04 bits per heavy atom. The van der Waals surface area contributed by atoms with Crippen LogP contribution in [0.15, 0.2) is 29.1 Å². The molecular weight excluding hydrogens is 348 g/mol. The predicted molar refractivity (Wildman–Crippen MR) is 99.2 cm³/mol. The second kappa shape index (κ2) is 6.86. The van der Waals surface area contributed by atoms with Gasteiger partial charge in [-0.3, -0.25) is 4.57 Å². The fourth-order valence-corrected chi connectivity index (χ4v) is 3.73. The molecule has 0 radical (unpaired) electrons. The molecule has 1 aromatic carbocycles. The molecule has 8 heteroatoms. The quantitative estimate of drug-likeness (QED) is 0.732. The number of nitrogens with one attached hydrogen (secondary N) is 1. The first-order chi connectivity index (χ1) is 13.1. The molecular formula is C19H20N4O4. The highest BCUT2D eigenvalue weighted by Crippen LogP contribution is 2.30. The van der Waals surface area contributed by atoms with Gasteiger partial charge in [-0.05, 0) is 25.0 Å². The first kappa shape index (κ1) is 17.3. The average molecular weight is 368 g/mol. The molecule has 140 valence electrons. The molecule has 0 saturated heterocycles. The van der Waals surface area contributed by atoms with Crippen LogP contribution in [0.5, 0.6) is 5.75 Å². The fraction of sp³-hybridized carbons (Fsp3) is 0.368. The van der Waals surface area contributed by atoms with E-state index in [9.17, 15) is 14.7 Å². The zero-order valence-electron chi connectivity index (χ0n) is 14.9. The van der Waals surface area contributed by atoms with Crippen molar-refractivity contribution in [3.8, 4) is 17.1 Å². The highest BCUT2D eigenvalue weighted by Gasteiger charge is 2.25. The van der Waals surface area contributed by atoms with E-state index in [1.807, 2.05) is 0 Å². The number of carboxylic acid groups (broad SMARTS) is 1. The molecule has 0 amide bonds. The number of carbonyl (C=O) groups is 1. The zero-order valence-corrected chi connectivity index (χ0v) is 14.9. The van der Waals surface area contributed by atoms with Gasteiger partial charge in [0.2, 0.25) is 0 Å². The van der Waals surface area contributed by atoms with Gasteiger partial charge in [-0.1, -0.05) is 31.4 Å². The van der Waals surface area contributed by atoms with Crippen molar-refractivity contribution >= 4 is 17.1 Å². The number of nitrogens with zero attached hydrogens (tertiary/aromatic N) is 3. The van der Waals surface area contributed by atoms with E-state index in [0.717, 1.165) is 32.1 Å². The number of aromatic carboxylic acids is 1. The highest BCUT2D eigenvalue weighted by atomic mass is 16.5. The SMILES string of the molecule is COc1cccc(-c2nc(C(=O)O)c3[nH]c(=O)n(C4CCCCC4)c3n2)c1. The van der Waals surface area contributed by atoms with E-state index in [0.29, 0.717) is 17.0 Å². The number of hydrogen-bond acceptors (Lipinski definition) is 5. The van der Waals surface area contributed by atoms with E-state index in [1.54, 1.807) is 35.9 Å². The van der Waals surface area contributed by atoms with Crippen molar-refractivity contribution < 1.29 is 14.6 Å². The van der Waals surface area contributed by atoms with Gasteiger partial charge in [-0.2, -0.15) is 0 Å². The Kier molecular flexibility index (Phi) is 4.39. The molecule has 3 aromatic rings. The van der Waals surface area contributed by atoms with Crippen LogP contribution in [0.1, 0.15) is 48.6 Å². The summed E-state index contributed by atoms with van der Waals surface area (Å²) in [5, 5.41) is 9.62. The Hall–Kier alpha value is -3.16. The molecule has 1 aliphatic carbocycles. The van der Waals surface area contributed by atoms with Gasteiger partial charge < -0.3 is 14.8 Å². The van der Waals surface area contributed by atoms with Crippen LogP contribution in [-0.2, 0) is 0 Å². The second-order valence-electron chi connectivity index (χ2n) is 6.72. The number of benzene rings is 1. The van der Waals surface area contributed by atoms with E-state index in [-0.39, 0.29) is 28.8 Å². The van der Waals surface area contributed by atoms with Gasteiger partial charge in [0, 0.05) is 11.6 Å². The lowest BCUT2D eigenvalue weighted by molar-refractivity contribution is 0.0692. The van der Waals surface area contributed by atoms with Crippen LogP contribution in [0.2, 0.25) is 0 Å². The van der Waals surface area contributed by atoms with Crippen molar-refractivity contribution in [3.63, 3.8) is 0 Å². The monoisotopic (exact) mass is 368 g/mol. The van der Waals surface area contributed by atoms with Crippen LogP contribution in [0.4, 0.5) is 0 Å². The summed E-state index contributed by atoms with van der Waals surface area (Å²) in [7, 11) is 1.55. The maximum atomic E-state index is 12.6. The van der Waals surface area contributed by atoms with Gasteiger partial charge in [0.15, 0.2) is 17.2 Å². The maximum absolute atomic E-state index is 12.6. The molecule has 1 aliphatic rings. The van der Waals surface area contributed by atoms with E-state index in [2.05, 4.69) is 15.0 Å². The molecule has 27 heavy (non-hydrogen) atoms. The minimum Gasteiger partial charge on any atom is -0.497 e. The summed E-state index contributed by atoms with van der Waals surface area (Å²) in [5.74, 6) is -0.335. The smallest absolute Gasteiger partial charge is 0.356 e. The third-order valence-electron chi connectivity index (χ3n) is 5.04. The van der Waals surface area contributed by atoms with Crippen LogP contribution < -0.4 is 10.4 Å². The standard InChI is InChI=1S/C19H20N4O4/c1-27-13-9-5-6-11(10-13)16-20-15(18(24)25)14-17(22-16)23(19(26)21-14)12-7-3-2-4-8-12/h5-6,9-10,12H,2-4,7-8H2,1H3,(H,21,26)(H,24,25). The number of rotatable bonds is 4. The summed E-state index contributed by atoms with van der Waals surface area (Å²) in [6, 6.07) is 7.12. The molecule has 1 saturated carbocycles. The molecule has 0 spiro atoms. The molecule has 0 atom stereocenters. The number of aromatic nitrogens is 4. The first-order valence-corrected chi connectivity index (χ1v) is 8.98. The highest BCUT2D eigenvalue weighted by molar-refractivity contribution is 5.98. The molecule has 1 fully saturated rings. The molecule has 0 aliphatic heterocycles. The van der Waals surface area contributed by atoms with Crippen molar-refractivity contribution in [1.82, 2.24) is 19.5 Å². The second-order valence-corrected chi connectivity index (χ2v) is 6.72. The minimum atomic E-state index is -1.21. The van der Waals surface area contributed by atoms with Gasteiger partial charge in [-0.25, -0.2) is 19.6 Å². The minimum absolute atomic E-state index is 0.0229. The Labute approximate surface area is 154 Å². The molecule has 8 nitrogen and oxygen atoms in total. The van der Waals surface area contributed by atoms with Crippen molar-refractivity contribution in [1.29, 1.82) is 0 Å². The van der Waals surface area contributed by atoms with Gasteiger partial charge in [0.05, 0.1) is 7.11 Å². The number of H-pyrrole nitrogens is 1. The fourth-order valence-electron chi connectivity index (χ4n) is 3.73. The summed E-state index contributed by atoms with van der Waals surface area (Å²) in [6.07, 6.45) is 5.01. The lowest BCUT2D eigenvalue weighted by Crippen LogP contribution is -2.24. The molecule has 2 heterocycles. The normalized spacial score (nSPS) is 15.1. The summed E-state index contributed by atoms with van der Waals surface area (Å²) in [6.45, 7) is 0. The summed E-state index contributed by atoms with van der Waals surface area (Å²) in [4.78, 5) is 35.8. The Bertz CT molecular complexity index is 1060. The topological polar surface area (TPSA) is 110 Å². The lowest BCUT2D eigenvalue weighted by Gasteiger charge is -2.22. The average Bonchev–Trinajstić information content (AvgIpc) is 3.03. The summed E-state index contributed by atoms with van der Waals surface area (Å²) < 4.78 is 6.83. The molecule has 4 rings (SSSR count). The van der Waals surface area contributed by atoms with Gasteiger partial charge in [0.1, 0.15) is 11.3 Å². The molecule has 0 bridgehead atoms. The zero-order chi connectivity index (χ0) is 19.0. The number of imidazole rings is 1. The van der Waals surface area contributed by atoms with E-state index in [1.165, 1.54) is 0 Å². The third kappa shape index (κ3) is 3.07. The van der Waals surface area contributed by atoms with Gasteiger partial charge in [-0.15, -0.1) is 0 Å². The Morgan fingerprint density at radius 1 is 1.26 bits per heavy atom. The molecule has 0 unspecified atom stereocenters. The van der Waals surface area contributed by atoms with Crippen LogP contribution in [0, 0.1) is 0 Å². The van der Waals surface area contributed by atoms with E-state index in [4.69, 9.17) is 4.74 Å². The lowest BCUT2D eigenvalue weighted by atomic mass is 9.95. The summed E-state index contributed by atoms with van der Waals surface area (Å²) >= 11 is 0.